The average Bonchev–Trinajstić information content (AvgIpc) is 3.25. The molecule has 2 aromatic carbocycles. The van der Waals surface area contributed by atoms with Crippen LogP contribution >= 0.6 is 0 Å². The molecule has 0 radical (unpaired) electrons. The van der Waals surface area contributed by atoms with Crippen LogP contribution < -0.4 is 9.04 Å². The molecule has 0 N–H and O–H groups in total. The zero-order valence-electron chi connectivity index (χ0n) is 17.3. The lowest BCUT2D eigenvalue weighted by Gasteiger charge is -2.19. The molecular weight excluding hydrogens is 400 g/mol. The molecule has 1 aliphatic heterocycles. The molecule has 0 bridgehead atoms. The second kappa shape index (κ2) is 7.67. The van der Waals surface area contributed by atoms with Crippen molar-refractivity contribution in [2.75, 3.05) is 31.0 Å². The Balaban J connectivity index is 1.81. The minimum absolute atomic E-state index is 0.438. The van der Waals surface area contributed by atoms with Crippen LogP contribution in [0.3, 0.4) is 0 Å². The SMILES string of the molecule is CCN1CCN(c2ccc(-c3c(C#N)c4ccc(OC)cc4n3CC)cc2)S1(=O)=O. The molecule has 4 rings (SSSR count). The first-order chi connectivity index (χ1) is 14.5. The first-order valence-corrected chi connectivity index (χ1v) is 11.3. The number of aromatic nitrogens is 1. The number of hydrogen-bond acceptors (Lipinski definition) is 4. The second-order valence-corrected chi connectivity index (χ2v) is 8.93. The maximum atomic E-state index is 12.7. The fourth-order valence-corrected chi connectivity index (χ4v) is 5.76. The van der Waals surface area contributed by atoms with Crippen LogP contribution in [0.2, 0.25) is 0 Å². The number of aryl methyl sites for hydroxylation is 1. The normalized spacial score (nSPS) is 16.1. The first-order valence-electron chi connectivity index (χ1n) is 9.94. The molecule has 30 heavy (non-hydrogen) atoms. The quantitative estimate of drug-likeness (QED) is 0.627. The van der Waals surface area contributed by atoms with Crippen LogP contribution in [-0.2, 0) is 16.8 Å². The lowest BCUT2D eigenvalue weighted by molar-refractivity contribution is 0.415. The number of hydrogen-bond donors (Lipinski definition) is 0. The van der Waals surface area contributed by atoms with Crippen molar-refractivity contribution in [3.63, 3.8) is 0 Å². The molecule has 0 saturated carbocycles. The van der Waals surface area contributed by atoms with Crippen LogP contribution in [-0.4, -0.2) is 44.0 Å². The van der Waals surface area contributed by atoms with Gasteiger partial charge in [0.2, 0.25) is 0 Å². The number of nitriles is 1. The monoisotopic (exact) mass is 424 g/mol. The van der Waals surface area contributed by atoms with Gasteiger partial charge in [-0.2, -0.15) is 18.0 Å². The van der Waals surface area contributed by atoms with Gasteiger partial charge in [-0.3, -0.25) is 4.31 Å². The summed E-state index contributed by atoms with van der Waals surface area (Å²) in [6, 6.07) is 15.4. The number of anilines is 1. The van der Waals surface area contributed by atoms with Gasteiger partial charge in [0.1, 0.15) is 11.8 Å². The minimum atomic E-state index is -3.47. The highest BCUT2D eigenvalue weighted by Gasteiger charge is 2.35. The van der Waals surface area contributed by atoms with Crippen molar-refractivity contribution in [1.29, 1.82) is 5.26 Å². The van der Waals surface area contributed by atoms with E-state index in [4.69, 9.17) is 4.74 Å². The zero-order chi connectivity index (χ0) is 21.5. The molecular formula is C22H24N4O3S. The summed E-state index contributed by atoms with van der Waals surface area (Å²) in [6.07, 6.45) is 0. The minimum Gasteiger partial charge on any atom is -0.497 e. The van der Waals surface area contributed by atoms with E-state index in [0.29, 0.717) is 37.4 Å². The summed E-state index contributed by atoms with van der Waals surface area (Å²) in [4.78, 5) is 0. The highest BCUT2D eigenvalue weighted by atomic mass is 32.2. The summed E-state index contributed by atoms with van der Waals surface area (Å²) in [6.45, 7) is 5.95. The molecule has 1 saturated heterocycles. The largest absolute Gasteiger partial charge is 0.497 e. The number of fused-ring (bicyclic) bond motifs is 1. The molecule has 0 unspecified atom stereocenters. The Morgan fingerprint density at radius 3 is 2.37 bits per heavy atom. The fraction of sp³-hybridized carbons (Fsp3) is 0.318. The van der Waals surface area contributed by atoms with Gasteiger partial charge in [-0.15, -0.1) is 0 Å². The predicted octanol–water partition coefficient (Wildman–Crippen LogP) is 3.60. The highest BCUT2D eigenvalue weighted by Crippen LogP contribution is 2.36. The lowest BCUT2D eigenvalue weighted by Crippen LogP contribution is -2.32. The van der Waals surface area contributed by atoms with E-state index in [2.05, 4.69) is 10.6 Å². The van der Waals surface area contributed by atoms with E-state index < -0.39 is 10.2 Å². The fourth-order valence-electron chi connectivity index (χ4n) is 4.14. The van der Waals surface area contributed by atoms with Gasteiger partial charge >= 0.3 is 10.2 Å². The van der Waals surface area contributed by atoms with Crippen LogP contribution in [0.15, 0.2) is 42.5 Å². The van der Waals surface area contributed by atoms with E-state index in [0.717, 1.165) is 27.9 Å². The predicted molar refractivity (Wildman–Crippen MR) is 118 cm³/mol. The van der Waals surface area contributed by atoms with Gasteiger partial charge in [0.05, 0.1) is 29.6 Å². The number of benzene rings is 2. The van der Waals surface area contributed by atoms with Gasteiger partial charge < -0.3 is 9.30 Å². The van der Waals surface area contributed by atoms with E-state index in [-0.39, 0.29) is 0 Å². The van der Waals surface area contributed by atoms with Crippen molar-refractivity contribution in [2.24, 2.45) is 0 Å². The van der Waals surface area contributed by atoms with E-state index in [9.17, 15) is 13.7 Å². The Morgan fingerprint density at radius 1 is 1.07 bits per heavy atom. The summed E-state index contributed by atoms with van der Waals surface area (Å²) >= 11 is 0. The molecule has 8 heteroatoms. The van der Waals surface area contributed by atoms with Crippen molar-refractivity contribution in [3.8, 4) is 23.1 Å². The Hall–Kier alpha value is -3.02. The Labute approximate surface area is 176 Å². The number of likely N-dealkylation sites (N-methyl/N-ethyl adjacent to an activating group) is 1. The summed E-state index contributed by atoms with van der Waals surface area (Å²) in [5.74, 6) is 0.737. The van der Waals surface area contributed by atoms with Crippen molar-refractivity contribution in [2.45, 2.75) is 20.4 Å². The molecule has 7 nitrogen and oxygen atoms in total. The molecule has 1 aliphatic rings. The van der Waals surface area contributed by atoms with E-state index >= 15 is 0 Å². The molecule has 3 aromatic rings. The zero-order valence-corrected chi connectivity index (χ0v) is 18.1. The molecule has 156 valence electrons. The molecule has 2 heterocycles. The standard InChI is InChI=1S/C22H24N4O3S/c1-4-24-12-13-26(30(24,27)28)17-8-6-16(7-9-17)22-20(15-23)19-11-10-18(29-3)14-21(19)25(22)5-2/h6-11,14H,4-5,12-13H2,1-3H3. The smallest absolute Gasteiger partial charge is 0.304 e. The molecule has 0 atom stereocenters. The topological polar surface area (TPSA) is 78.6 Å². The van der Waals surface area contributed by atoms with Crippen LogP contribution in [0.1, 0.15) is 19.4 Å². The number of methoxy groups -OCH3 is 1. The molecule has 0 aliphatic carbocycles. The average molecular weight is 425 g/mol. The summed E-state index contributed by atoms with van der Waals surface area (Å²) in [5.41, 5.74) is 3.88. The van der Waals surface area contributed by atoms with E-state index in [1.54, 1.807) is 7.11 Å². The maximum Gasteiger partial charge on any atom is 0.304 e. The third-order valence-electron chi connectivity index (χ3n) is 5.64. The molecule has 0 amide bonds. The number of rotatable bonds is 5. The third kappa shape index (κ3) is 3.02. The number of ether oxygens (including phenoxy) is 1. The highest BCUT2D eigenvalue weighted by molar-refractivity contribution is 7.90. The van der Waals surface area contributed by atoms with Crippen molar-refractivity contribution < 1.29 is 13.2 Å². The van der Waals surface area contributed by atoms with Gasteiger partial charge in [0.15, 0.2) is 0 Å². The number of nitrogens with zero attached hydrogens (tertiary/aromatic N) is 4. The molecule has 1 fully saturated rings. The van der Waals surface area contributed by atoms with Crippen molar-refractivity contribution in [3.05, 3.63) is 48.0 Å². The van der Waals surface area contributed by atoms with Gasteiger partial charge in [0.25, 0.3) is 0 Å². The van der Waals surface area contributed by atoms with Gasteiger partial charge in [-0.05, 0) is 36.8 Å². The summed E-state index contributed by atoms with van der Waals surface area (Å²) < 4.78 is 35.7. The van der Waals surface area contributed by atoms with Crippen LogP contribution in [0.5, 0.6) is 5.75 Å². The second-order valence-electron chi connectivity index (χ2n) is 7.08. The molecule has 1 aromatic heterocycles. The Morgan fingerprint density at radius 2 is 1.80 bits per heavy atom. The lowest BCUT2D eigenvalue weighted by atomic mass is 10.1. The Bertz CT molecular complexity index is 1240. The summed E-state index contributed by atoms with van der Waals surface area (Å²) in [7, 11) is -1.84. The van der Waals surface area contributed by atoms with Gasteiger partial charge in [-0.1, -0.05) is 19.1 Å². The van der Waals surface area contributed by atoms with Crippen LogP contribution in [0, 0.1) is 11.3 Å². The first kappa shape index (κ1) is 20.3. The van der Waals surface area contributed by atoms with Gasteiger partial charge in [-0.25, -0.2) is 0 Å². The third-order valence-corrected chi connectivity index (χ3v) is 7.68. The summed E-state index contributed by atoms with van der Waals surface area (Å²) in [5, 5.41) is 10.8. The maximum absolute atomic E-state index is 12.7. The van der Waals surface area contributed by atoms with Crippen LogP contribution in [0.4, 0.5) is 5.69 Å². The van der Waals surface area contributed by atoms with Gasteiger partial charge in [0, 0.05) is 37.6 Å². The van der Waals surface area contributed by atoms with Crippen molar-refractivity contribution >= 4 is 26.8 Å². The van der Waals surface area contributed by atoms with E-state index in [1.165, 1.54) is 8.61 Å². The van der Waals surface area contributed by atoms with Crippen LogP contribution in [0.25, 0.3) is 22.2 Å². The molecule has 0 spiro atoms. The van der Waals surface area contributed by atoms with E-state index in [1.807, 2.05) is 56.3 Å². The Kier molecular flexibility index (Phi) is 5.18. The van der Waals surface area contributed by atoms with Crippen molar-refractivity contribution in [1.82, 2.24) is 8.87 Å².